The molecule has 0 saturated carbocycles. The molecule has 2 aliphatic heterocycles. The molecule has 0 aromatic rings. The number of hydrogen-bond donors (Lipinski definition) is 1. The van der Waals surface area contributed by atoms with Crippen molar-refractivity contribution in [2.45, 2.75) is 25.3 Å². The van der Waals surface area contributed by atoms with Gasteiger partial charge in [-0.2, -0.15) is 0 Å². The number of hydrogen-bond acceptors (Lipinski definition) is 3. The van der Waals surface area contributed by atoms with Crippen LogP contribution in [0, 0.1) is 18.3 Å². The Morgan fingerprint density at radius 2 is 2.28 bits per heavy atom. The van der Waals surface area contributed by atoms with Gasteiger partial charge in [0.25, 0.3) is 0 Å². The minimum absolute atomic E-state index is 0.0514. The topological polar surface area (TPSA) is 35.6 Å². The van der Waals surface area contributed by atoms with Crippen molar-refractivity contribution < 1.29 is 4.79 Å². The number of rotatable bonds is 3. The van der Waals surface area contributed by atoms with E-state index in [1.54, 1.807) is 0 Å². The van der Waals surface area contributed by atoms with Crippen LogP contribution in [0.25, 0.3) is 0 Å². The highest BCUT2D eigenvalue weighted by atomic mass is 16.2. The van der Waals surface area contributed by atoms with Crippen molar-refractivity contribution in [1.29, 1.82) is 0 Å². The van der Waals surface area contributed by atoms with Crippen LogP contribution >= 0.6 is 0 Å². The zero-order valence-electron chi connectivity index (χ0n) is 11.2. The predicted molar refractivity (Wildman–Crippen MR) is 72.0 cm³/mol. The summed E-state index contributed by atoms with van der Waals surface area (Å²) in [6.45, 7) is 4.13. The van der Waals surface area contributed by atoms with E-state index in [4.69, 9.17) is 6.42 Å². The Hall–Kier alpha value is -1.05. The molecule has 4 heteroatoms. The van der Waals surface area contributed by atoms with Crippen LogP contribution in [0.5, 0.6) is 0 Å². The molecule has 18 heavy (non-hydrogen) atoms. The molecule has 0 aliphatic carbocycles. The smallest absolute Gasteiger partial charge is 0.234 e. The molecule has 2 aliphatic rings. The van der Waals surface area contributed by atoms with Crippen LogP contribution in [-0.4, -0.2) is 61.5 Å². The average Bonchev–Trinajstić information content (AvgIpc) is 2.36. The van der Waals surface area contributed by atoms with Crippen LogP contribution in [0.4, 0.5) is 0 Å². The van der Waals surface area contributed by atoms with E-state index < -0.39 is 0 Å². The molecule has 4 nitrogen and oxygen atoms in total. The second-order valence-corrected chi connectivity index (χ2v) is 5.45. The van der Waals surface area contributed by atoms with E-state index in [2.05, 4.69) is 28.1 Å². The van der Waals surface area contributed by atoms with Gasteiger partial charge in [-0.15, -0.1) is 6.42 Å². The third-order valence-electron chi connectivity index (χ3n) is 4.18. The number of fused-ring (bicyclic) bond motifs is 1. The summed E-state index contributed by atoms with van der Waals surface area (Å²) in [4.78, 5) is 16.4. The maximum Gasteiger partial charge on any atom is 0.234 e. The fourth-order valence-corrected chi connectivity index (χ4v) is 3.28. The molecule has 0 aromatic heterocycles. The molecule has 2 atom stereocenters. The molecule has 0 bridgehead atoms. The van der Waals surface area contributed by atoms with E-state index in [1.165, 1.54) is 25.8 Å². The standard InChI is InChI=1S/C14H23N3O/c1-3-7-15-14(18)11-17-9-6-13-12(10-17)5-4-8-16(13)2/h1,12-13H,4-11H2,2H3,(H,15,18). The SMILES string of the molecule is C#CCNC(=O)CN1CCC2C(CCCN2C)C1. The van der Waals surface area contributed by atoms with Gasteiger partial charge in [0.05, 0.1) is 13.1 Å². The van der Waals surface area contributed by atoms with Crippen molar-refractivity contribution in [2.24, 2.45) is 5.92 Å². The molecule has 0 radical (unpaired) electrons. The molecule has 100 valence electrons. The highest BCUT2D eigenvalue weighted by molar-refractivity contribution is 5.78. The summed E-state index contributed by atoms with van der Waals surface area (Å²) < 4.78 is 0. The second-order valence-electron chi connectivity index (χ2n) is 5.45. The quantitative estimate of drug-likeness (QED) is 0.723. The van der Waals surface area contributed by atoms with Gasteiger partial charge in [0.1, 0.15) is 0 Å². The Labute approximate surface area is 110 Å². The summed E-state index contributed by atoms with van der Waals surface area (Å²) in [7, 11) is 2.23. The maximum atomic E-state index is 11.6. The molecule has 1 N–H and O–H groups in total. The van der Waals surface area contributed by atoms with Gasteiger partial charge in [-0.25, -0.2) is 0 Å². The molecule has 2 fully saturated rings. The van der Waals surface area contributed by atoms with Gasteiger partial charge in [0.2, 0.25) is 5.91 Å². The largest absolute Gasteiger partial charge is 0.344 e. The normalized spacial score (nSPS) is 29.3. The predicted octanol–water partition coefficient (Wildman–Crippen LogP) is 0.152. The Bertz CT molecular complexity index is 336. The number of likely N-dealkylation sites (tertiary alicyclic amines) is 2. The fourth-order valence-electron chi connectivity index (χ4n) is 3.28. The van der Waals surface area contributed by atoms with E-state index in [-0.39, 0.29) is 5.91 Å². The van der Waals surface area contributed by atoms with E-state index >= 15 is 0 Å². The molecule has 2 rings (SSSR count). The number of terminal acetylenes is 1. The lowest BCUT2D eigenvalue weighted by atomic mass is 9.84. The van der Waals surface area contributed by atoms with Crippen LogP contribution in [0.3, 0.4) is 0 Å². The lowest BCUT2D eigenvalue weighted by Gasteiger charge is -2.45. The Morgan fingerprint density at radius 1 is 1.44 bits per heavy atom. The summed E-state index contributed by atoms with van der Waals surface area (Å²) in [5.74, 6) is 3.22. The first-order valence-electron chi connectivity index (χ1n) is 6.83. The van der Waals surface area contributed by atoms with Crippen molar-refractivity contribution in [3.05, 3.63) is 0 Å². The minimum atomic E-state index is 0.0514. The molecule has 2 heterocycles. The van der Waals surface area contributed by atoms with Gasteiger partial charge in [-0.1, -0.05) is 5.92 Å². The highest BCUT2D eigenvalue weighted by Crippen LogP contribution is 2.29. The lowest BCUT2D eigenvalue weighted by Crippen LogP contribution is -2.54. The molecule has 1 amide bonds. The van der Waals surface area contributed by atoms with Crippen LogP contribution in [0.1, 0.15) is 19.3 Å². The number of amides is 1. The van der Waals surface area contributed by atoms with Gasteiger partial charge in [0, 0.05) is 19.1 Å². The van der Waals surface area contributed by atoms with E-state index in [9.17, 15) is 4.79 Å². The van der Waals surface area contributed by atoms with Crippen molar-refractivity contribution in [1.82, 2.24) is 15.1 Å². The second kappa shape index (κ2) is 6.21. The first-order valence-corrected chi connectivity index (χ1v) is 6.83. The molecule has 2 saturated heterocycles. The molecular formula is C14H23N3O. The Morgan fingerprint density at radius 3 is 3.06 bits per heavy atom. The minimum Gasteiger partial charge on any atom is -0.344 e. The van der Waals surface area contributed by atoms with E-state index in [0.717, 1.165) is 25.0 Å². The summed E-state index contributed by atoms with van der Waals surface area (Å²) in [5, 5.41) is 2.73. The molecular weight excluding hydrogens is 226 g/mol. The molecule has 2 unspecified atom stereocenters. The summed E-state index contributed by atoms with van der Waals surface area (Å²) >= 11 is 0. The van der Waals surface area contributed by atoms with E-state index in [1.807, 2.05) is 0 Å². The van der Waals surface area contributed by atoms with Gasteiger partial charge in [-0.05, 0) is 38.8 Å². The number of carbonyl (C=O) groups is 1. The average molecular weight is 249 g/mol. The van der Waals surface area contributed by atoms with Crippen molar-refractivity contribution >= 4 is 5.91 Å². The van der Waals surface area contributed by atoms with Crippen LogP contribution < -0.4 is 5.32 Å². The zero-order valence-corrected chi connectivity index (χ0v) is 11.2. The van der Waals surface area contributed by atoms with Crippen LogP contribution in [-0.2, 0) is 4.79 Å². The van der Waals surface area contributed by atoms with Crippen LogP contribution in [0.2, 0.25) is 0 Å². The maximum absolute atomic E-state index is 11.6. The summed E-state index contributed by atoms with van der Waals surface area (Å²) in [6.07, 6.45) is 8.90. The number of carbonyl (C=O) groups excluding carboxylic acids is 1. The van der Waals surface area contributed by atoms with Gasteiger partial charge in [0.15, 0.2) is 0 Å². The molecule has 0 aromatic carbocycles. The first-order chi connectivity index (χ1) is 8.70. The van der Waals surface area contributed by atoms with Crippen molar-refractivity contribution in [3.8, 4) is 12.3 Å². The van der Waals surface area contributed by atoms with Crippen molar-refractivity contribution in [2.75, 3.05) is 39.8 Å². The third-order valence-corrected chi connectivity index (χ3v) is 4.18. The van der Waals surface area contributed by atoms with E-state index in [0.29, 0.717) is 13.1 Å². The highest BCUT2D eigenvalue weighted by Gasteiger charge is 2.34. The number of piperidine rings is 2. The first kappa shape index (κ1) is 13.4. The number of nitrogens with one attached hydrogen (secondary N) is 1. The Kier molecular flexibility index (Phi) is 4.62. The monoisotopic (exact) mass is 249 g/mol. The lowest BCUT2D eigenvalue weighted by molar-refractivity contribution is -0.122. The van der Waals surface area contributed by atoms with Gasteiger partial charge < -0.3 is 10.2 Å². The van der Waals surface area contributed by atoms with Crippen LogP contribution in [0.15, 0.2) is 0 Å². The zero-order chi connectivity index (χ0) is 13.0. The molecule has 0 spiro atoms. The summed E-state index contributed by atoms with van der Waals surface area (Å²) in [5.41, 5.74) is 0. The Balaban J connectivity index is 1.80. The van der Waals surface area contributed by atoms with Crippen molar-refractivity contribution in [3.63, 3.8) is 0 Å². The number of nitrogens with zero attached hydrogens (tertiary/aromatic N) is 2. The third kappa shape index (κ3) is 3.24. The van der Waals surface area contributed by atoms with Gasteiger partial charge in [-0.3, -0.25) is 9.69 Å². The van der Waals surface area contributed by atoms with Gasteiger partial charge >= 0.3 is 0 Å². The summed E-state index contributed by atoms with van der Waals surface area (Å²) in [6, 6.07) is 0.726. The fraction of sp³-hybridized carbons (Fsp3) is 0.786.